The van der Waals surface area contributed by atoms with Crippen molar-refractivity contribution in [1.29, 1.82) is 0 Å². The molecule has 9 heteroatoms. The van der Waals surface area contributed by atoms with Crippen molar-refractivity contribution in [2.45, 2.75) is 31.3 Å². The van der Waals surface area contributed by atoms with Gasteiger partial charge >= 0.3 is 6.03 Å². The summed E-state index contributed by atoms with van der Waals surface area (Å²) in [7, 11) is 0. The van der Waals surface area contributed by atoms with Gasteiger partial charge in [-0.25, -0.2) is 14.5 Å². The largest absolute Gasteiger partial charge is 0.352 e. The second-order valence-corrected chi connectivity index (χ2v) is 8.62. The molecule has 2 heterocycles. The Labute approximate surface area is 189 Å². The lowest BCUT2D eigenvalue weighted by molar-refractivity contribution is -0.124. The number of halogens is 2. The van der Waals surface area contributed by atoms with Crippen LogP contribution in [0.2, 0.25) is 10.0 Å². The van der Waals surface area contributed by atoms with Crippen LogP contribution in [0.4, 0.5) is 16.2 Å². The van der Waals surface area contributed by atoms with Crippen molar-refractivity contribution in [2.75, 3.05) is 11.4 Å². The summed E-state index contributed by atoms with van der Waals surface area (Å²) in [6, 6.07) is 10.7. The zero-order valence-electron chi connectivity index (χ0n) is 16.6. The summed E-state index contributed by atoms with van der Waals surface area (Å²) in [4.78, 5) is 44.7. The van der Waals surface area contributed by atoms with Crippen LogP contribution in [0.5, 0.6) is 0 Å². The molecule has 2 aliphatic heterocycles. The minimum Gasteiger partial charge on any atom is -0.352 e. The van der Waals surface area contributed by atoms with Gasteiger partial charge in [0.25, 0.3) is 5.91 Å². The summed E-state index contributed by atoms with van der Waals surface area (Å²) >= 11 is 12.2. The van der Waals surface area contributed by atoms with E-state index in [0.717, 1.165) is 10.5 Å². The van der Waals surface area contributed by atoms with Gasteiger partial charge in [-0.2, -0.15) is 0 Å². The third-order valence-corrected chi connectivity index (χ3v) is 6.04. The normalized spacial score (nSPS) is 22.5. The number of imide groups is 1. The molecule has 0 aromatic heterocycles. The van der Waals surface area contributed by atoms with Gasteiger partial charge in [-0.3, -0.25) is 9.59 Å². The Hall–Kier alpha value is -3.08. The lowest BCUT2D eigenvalue weighted by Gasteiger charge is -2.28. The molecular weight excluding hydrogens is 439 g/mol. The zero-order valence-corrected chi connectivity index (χ0v) is 18.1. The number of hydrogen-bond donors (Lipinski definition) is 1. The summed E-state index contributed by atoms with van der Waals surface area (Å²) in [6.07, 6.45) is 0.545. The number of anilines is 1. The van der Waals surface area contributed by atoms with Gasteiger partial charge in [-0.05, 0) is 23.8 Å². The van der Waals surface area contributed by atoms with Gasteiger partial charge in [0.2, 0.25) is 5.91 Å². The molecule has 2 fully saturated rings. The van der Waals surface area contributed by atoms with Crippen molar-refractivity contribution in [3.05, 3.63) is 69.5 Å². The van der Waals surface area contributed by atoms with Crippen LogP contribution < -0.4 is 10.2 Å². The number of hydrogen-bond acceptors (Lipinski definition) is 3. The lowest BCUT2D eigenvalue weighted by atomic mass is 9.87. The Morgan fingerprint density at radius 3 is 2.42 bits per heavy atom. The molecule has 2 aliphatic rings. The summed E-state index contributed by atoms with van der Waals surface area (Å²) in [5.74, 6) is -0.612. The first-order valence-electron chi connectivity index (χ1n) is 9.59. The van der Waals surface area contributed by atoms with Crippen molar-refractivity contribution in [3.8, 4) is 0 Å². The van der Waals surface area contributed by atoms with E-state index in [0.29, 0.717) is 21.4 Å². The number of benzene rings is 2. The molecule has 1 N–H and O–H groups in total. The SMILES string of the molecule is [C-]#[N+]c1ccc(CC23CC(NC(C)=O)CN2C(=O)N(c2cc(Cl)cc(Cl)c2)C3=O)cc1. The summed E-state index contributed by atoms with van der Waals surface area (Å²) in [5.41, 5.74) is 0.455. The van der Waals surface area contributed by atoms with Crippen molar-refractivity contribution < 1.29 is 14.4 Å². The van der Waals surface area contributed by atoms with E-state index < -0.39 is 17.5 Å². The van der Waals surface area contributed by atoms with Crippen LogP contribution in [0.3, 0.4) is 0 Å². The maximum absolute atomic E-state index is 13.7. The highest BCUT2D eigenvalue weighted by atomic mass is 35.5. The smallest absolute Gasteiger partial charge is 0.332 e. The van der Waals surface area contributed by atoms with Gasteiger partial charge < -0.3 is 10.2 Å². The second-order valence-electron chi connectivity index (χ2n) is 7.75. The summed E-state index contributed by atoms with van der Waals surface area (Å²) in [6.45, 7) is 8.73. The molecule has 2 aromatic rings. The predicted molar refractivity (Wildman–Crippen MR) is 117 cm³/mol. The van der Waals surface area contributed by atoms with E-state index in [-0.39, 0.29) is 31.3 Å². The Kier molecular flexibility index (Phi) is 5.38. The summed E-state index contributed by atoms with van der Waals surface area (Å²) in [5, 5.41) is 3.46. The first kappa shape index (κ1) is 21.2. The second kappa shape index (κ2) is 7.88. The van der Waals surface area contributed by atoms with Crippen LogP contribution in [0.1, 0.15) is 18.9 Å². The molecule has 2 saturated heterocycles. The molecular formula is C22H18Cl2N4O3. The van der Waals surface area contributed by atoms with E-state index in [1.54, 1.807) is 24.3 Å². The Morgan fingerprint density at radius 2 is 1.84 bits per heavy atom. The number of amides is 4. The third kappa shape index (κ3) is 3.73. The monoisotopic (exact) mass is 456 g/mol. The first-order chi connectivity index (χ1) is 14.7. The summed E-state index contributed by atoms with van der Waals surface area (Å²) < 4.78 is 0. The molecule has 2 aromatic carbocycles. The molecule has 0 spiro atoms. The minimum atomic E-state index is -1.15. The van der Waals surface area contributed by atoms with Gasteiger partial charge in [0.15, 0.2) is 5.69 Å². The fraction of sp³-hybridized carbons (Fsp3) is 0.273. The lowest BCUT2D eigenvalue weighted by Crippen LogP contribution is -2.47. The van der Waals surface area contributed by atoms with Crippen molar-refractivity contribution >= 4 is 52.4 Å². The van der Waals surface area contributed by atoms with Gasteiger partial charge in [0, 0.05) is 42.4 Å². The van der Waals surface area contributed by atoms with E-state index in [1.165, 1.54) is 30.0 Å². The fourth-order valence-electron chi connectivity index (χ4n) is 4.41. The molecule has 0 radical (unpaired) electrons. The van der Waals surface area contributed by atoms with E-state index in [4.69, 9.17) is 29.8 Å². The highest BCUT2D eigenvalue weighted by molar-refractivity contribution is 6.35. The number of carbonyl (C=O) groups excluding carboxylic acids is 3. The van der Waals surface area contributed by atoms with Crippen molar-refractivity contribution in [3.63, 3.8) is 0 Å². The van der Waals surface area contributed by atoms with E-state index in [2.05, 4.69) is 10.2 Å². The highest BCUT2D eigenvalue weighted by Gasteiger charge is 2.62. The molecule has 158 valence electrons. The third-order valence-electron chi connectivity index (χ3n) is 5.60. The topological polar surface area (TPSA) is 74.1 Å². The van der Waals surface area contributed by atoms with Crippen LogP contribution in [-0.2, 0) is 16.0 Å². The molecule has 7 nitrogen and oxygen atoms in total. The number of nitrogens with zero attached hydrogens (tertiary/aromatic N) is 3. The Morgan fingerprint density at radius 1 is 1.19 bits per heavy atom. The highest BCUT2D eigenvalue weighted by Crippen LogP contribution is 2.43. The van der Waals surface area contributed by atoms with Gasteiger partial charge in [0.05, 0.1) is 12.3 Å². The van der Waals surface area contributed by atoms with Crippen LogP contribution in [0.15, 0.2) is 42.5 Å². The van der Waals surface area contributed by atoms with Gasteiger partial charge in [-0.1, -0.05) is 47.5 Å². The van der Waals surface area contributed by atoms with Crippen molar-refractivity contribution in [1.82, 2.24) is 10.2 Å². The van der Waals surface area contributed by atoms with Crippen LogP contribution in [0, 0.1) is 6.57 Å². The van der Waals surface area contributed by atoms with Gasteiger partial charge in [0.1, 0.15) is 5.54 Å². The van der Waals surface area contributed by atoms with Crippen LogP contribution >= 0.6 is 23.2 Å². The minimum absolute atomic E-state index is 0.217. The van der Waals surface area contributed by atoms with E-state index in [1.807, 2.05) is 0 Å². The zero-order chi connectivity index (χ0) is 22.3. The van der Waals surface area contributed by atoms with Gasteiger partial charge in [-0.15, -0.1) is 0 Å². The maximum atomic E-state index is 13.7. The maximum Gasteiger partial charge on any atom is 0.332 e. The first-order valence-corrected chi connectivity index (χ1v) is 10.3. The van der Waals surface area contributed by atoms with Crippen LogP contribution in [-0.4, -0.2) is 40.9 Å². The fourth-order valence-corrected chi connectivity index (χ4v) is 4.92. The van der Waals surface area contributed by atoms with E-state index >= 15 is 0 Å². The molecule has 4 rings (SSSR count). The number of urea groups is 1. The molecule has 2 unspecified atom stereocenters. The number of nitrogens with one attached hydrogen (secondary N) is 1. The van der Waals surface area contributed by atoms with Crippen LogP contribution in [0.25, 0.3) is 4.85 Å². The average Bonchev–Trinajstić information content (AvgIpc) is 3.14. The molecule has 0 saturated carbocycles. The Balaban J connectivity index is 1.74. The number of rotatable bonds is 4. The quantitative estimate of drug-likeness (QED) is 0.553. The predicted octanol–water partition coefficient (Wildman–Crippen LogP) is 4.20. The molecule has 31 heavy (non-hydrogen) atoms. The van der Waals surface area contributed by atoms with E-state index in [9.17, 15) is 14.4 Å². The standard InChI is InChI=1S/C22H18Cl2N4O3/c1-13(29)26-18-11-22(10-14-3-5-17(25-2)6-4-14)20(30)28(21(31)27(22)12-18)19-8-15(23)7-16(24)9-19/h3-9,18H,10-12H2,1H3,(H,26,29). The molecule has 2 atom stereocenters. The molecule has 4 amide bonds. The van der Waals surface area contributed by atoms with Crippen molar-refractivity contribution in [2.24, 2.45) is 0 Å². The number of fused-ring (bicyclic) bond motifs is 1. The number of carbonyl (C=O) groups is 3. The molecule has 0 aliphatic carbocycles. The average molecular weight is 457 g/mol. The Bertz CT molecular complexity index is 1110. The molecule has 0 bridgehead atoms.